The number of esters is 1. The highest BCUT2D eigenvalue weighted by atomic mass is 16.6. The Morgan fingerprint density at radius 3 is 2.58 bits per heavy atom. The Balaban J connectivity index is 1.62. The van der Waals surface area contributed by atoms with Crippen LogP contribution < -0.4 is 10.1 Å². The number of hydrogen-bond donors (Lipinski definition) is 1. The molecular weight excluding hydrogens is 482 g/mol. The average molecular weight is 514 g/mol. The maximum absolute atomic E-state index is 12.6. The van der Waals surface area contributed by atoms with Gasteiger partial charge in [-0.15, -0.1) is 0 Å². The summed E-state index contributed by atoms with van der Waals surface area (Å²) in [4.78, 5) is 27.9. The lowest BCUT2D eigenvalue weighted by atomic mass is 10.2. The number of aryl methyl sites for hydroxylation is 1. The molecule has 3 rings (SSSR count). The molecule has 0 bridgehead atoms. The van der Waals surface area contributed by atoms with Gasteiger partial charge in [-0.1, -0.05) is 48.6 Å². The van der Waals surface area contributed by atoms with Gasteiger partial charge >= 0.3 is 5.97 Å². The van der Waals surface area contributed by atoms with Gasteiger partial charge in [0.2, 0.25) is 5.91 Å². The molecule has 1 aromatic heterocycles. The normalized spacial score (nSPS) is 11.8. The third-order valence-electron chi connectivity index (χ3n) is 5.25. The number of aromatic nitrogens is 2. The van der Waals surface area contributed by atoms with Crippen molar-refractivity contribution in [2.24, 2.45) is 0 Å². The summed E-state index contributed by atoms with van der Waals surface area (Å²) in [6.45, 7) is 8.99. The molecular formula is C30H31N3O5. The summed E-state index contributed by atoms with van der Waals surface area (Å²) in [6, 6.07) is 15.2. The van der Waals surface area contributed by atoms with Gasteiger partial charge in [-0.2, -0.15) is 0 Å². The van der Waals surface area contributed by atoms with E-state index in [-0.39, 0.29) is 18.3 Å². The zero-order valence-corrected chi connectivity index (χ0v) is 21.9. The van der Waals surface area contributed by atoms with Crippen LogP contribution in [0.15, 0.2) is 109 Å². The van der Waals surface area contributed by atoms with Gasteiger partial charge in [-0.3, -0.25) is 9.59 Å². The van der Waals surface area contributed by atoms with Crippen molar-refractivity contribution < 1.29 is 23.8 Å². The van der Waals surface area contributed by atoms with Crippen molar-refractivity contribution in [1.82, 2.24) is 9.55 Å². The van der Waals surface area contributed by atoms with Crippen molar-refractivity contribution in [2.45, 2.75) is 27.4 Å². The highest BCUT2D eigenvalue weighted by molar-refractivity contribution is 6.00. The summed E-state index contributed by atoms with van der Waals surface area (Å²) in [5.74, 6) is 0.336. The second-order valence-corrected chi connectivity index (χ2v) is 8.35. The molecule has 1 N–H and O–H groups in total. The second kappa shape index (κ2) is 13.5. The molecule has 0 fully saturated rings. The van der Waals surface area contributed by atoms with Crippen LogP contribution in [0.1, 0.15) is 25.1 Å². The molecule has 0 atom stereocenters. The summed E-state index contributed by atoms with van der Waals surface area (Å²) in [5.41, 5.74) is 4.14. The molecule has 1 heterocycles. The second-order valence-electron chi connectivity index (χ2n) is 8.35. The number of para-hydroxylation sites is 1. The van der Waals surface area contributed by atoms with Gasteiger partial charge in [0, 0.05) is 36.5 Å². The molecule has 0 spiro atoms. The first kappa shape index (κ1) is 27.7. The molecule has 0 saturated heterocycles. The Bertz CT molecular complexity index is 1400. The Kier molecular flexibility index (Phi) is 9.82. The Labute approximate surface area is 222 Å². The summed E-state index contributed by atoms with van der Waals surface area (Å²) >= 11 is 0. The Morgan fingerprint density at radius 2 is 1.87 bits per heavy atom. The van der Waals surface area contributed by atoms with Crippen LogP contribution in [0.25, 0.3) is 5.69 Å². The first-order valence-corrected chi connectivity index (χ1v) is 11.9. The fraction of sp³-hybridized carbons (Fsp3) is 0.167. The Morgan fingerprint density at radius 1 is 1.08 bits per heavy atom. The van der Waals surface area contributed by atoms with Crippen molar-refractivity contribution in [1.29, 1.82) is 0 Å². The standard InChI is InChI=1S/C30H31N3O5/c1-21(13-15-29(36-5)23(3)38-24(4)34)14-16-30(35)32-28-12-7-6-9-25(28)19-37-27-11-8-10-26(17-27)33-18-22(2)31-20-33/h6-18,20H,3,19H2,1-2,4-5H3,(H,32,35). The van der Waals surface area contributed by atoms with Crippen LogP contribution in [0.4, 0.5) is 5.69 Å². The van der Waals surface area contributed by atoms with E-state index >= 15 is 0 Å². The molecule has 8 heteroatoms. The van der Waals surface area contributed by atoms with Crippen LogP contribution >= 0.6 is 0 Å². The Hall–Kier alpha value is -4.85. The van der Waals surface area contributed by atoms with Crippen LogP contribution in [0.2, 0.25) is 0 Å². The van der Waals surface area contributed by atoms with Crippen LogP contribution in [0, 0.1) is 6.92 Å². The number of nitrogens with zero attached hydrogens (tertiary/aromatic N) is 2. The molecule has 0 aliphatic heterocycles. The predicted molar refractivity (Wildman–Crippen MR) is 147 cm³/mol. The molecule has 196 valence electrons. The van der Waals surface area contributed by atoms with E-state index in [4.69, 9.17) is 14.2 Å². The number of imidazole rings is 1. The fourth-order valence-corrected chi connectivity index (χ4v) is 3.37. The van der Waals surface area contributed by atoms with E-state index in [0.29, 0.717) is 17.2 Å². The molecule has 2 aromatic carbocycles. The zero-order chi connectivity index (χ0) is 27.5. The third kappa shape index (κ3) is 8.37. The van der Waals surface area contributed by atoms with Crippen molar-refractivity contribution in [3.05, 3.63) is 120 Å². The van der Waals surface area contributed by atoms with E-state index in [1.54, 1.807) is 24.6 Å². The van der Waals surface area contributed by atoms with E-state index in [0.717, 1.165) is 22.5 Å². The van der Waals surface area contributed by atoms with E-state index in [1.807, 2.05) is 73.1 Å². The molecule has 8 nitrogen and oxygen atoms in total. The lowest BCUT2D eigenvalue weighted by Gasteiger charge is -2.12. The summed E-state index contributed by atoms with van der Waals surface area (Å²) in [6.07, 6.45) is 10.1. The van der Waals surface area contributed by atoms with Gasteiger partial charge in [0.05, 0.1) is 24.8 Å². The van der Waals surface area contributed by atoms with E-state index in [9.17, 15) is 9.59 Å². The molecule has 0 aliphatic carbocycles. The maximum Gasteiger partial charge on any atom is 0.308 e. The first-order valence-electron chi connectivity index (χ1n) is 11.9. The number of hydrogen-bond acceptors (Lipinski definition) is 6. The number of ether oxygens (including phenoxy) is 3. The van der Waals surface area contributed by atoms with Gasteiger partial charge in [-0.05, 0) is 38.1 Å². The zero-order valence-electron chi connectivity index (χ0n) is 21.9. The number of carbonyl (C=O) groups excluding carboxylic acids is 2. The minimum atomic E-state index is -0.487. The number of benzene rings is 2. The number of methoxy groups -OCH3 is 1. The number of nitrogens with one attached hydrogen (secondary N) is 1. The largest absolute Gasteiger partial charge is 0.493 e. The number of amides is 1. The van der Waals surface area contributed by atoms with Gasteiger partial charge in [0.15, 0.2) is 11.5 Å². The molecule has 0 unspecified atom stereocenters. The van der Waals surface area contributed by atoms with Crippen molar-refractivity contribution in [3.63, 3.8) is 0 Å². The fourth-order valence-electron chi connectivity index (χ4n) is 3.37. The minimum absolute atomic E-state index is 0.105. The SMILES string of the molecule is C=C(OC(C)=O)C(=CC=C(C)C=CC(=O)Nc1ccccc1COc1cccc(-n2cnc(C)c2)c1)OC. The smallest absolute Gasteiger partial charge is 0.308 e. The van der Waals surface area contributed by atoms with Crippen molar-refractivity contribution in [3.8, 4) is 11.4 Å². The molecule has 0 aliphatic rings. The predicted octanol–water partition coefficient (Wildman–Crippen LogP) is 5.81. The van der Waals surface area contributed by atoms with Crippen LogP contribution in [-0.2, 0) is 25.7 Å². The van der Waals surface area contributed by atoms with Gasteiger partial charge in [0.1, 0.15) is 12.4 Å². The van der Waals surface area contributed by atoms with Crippen LogP contribution in [-0.4, -0.2) is 28.5 Å². The van der Waals surface area contributed by atoms with Crippen molar-refractivity contribution >= 4 is 17.6 Å². The average Bonchev–Trinajstić information content (AvgIpc) is 3.33. The van der Waals surface area contributed by atoms with Gasteiger partial charge in [0.25, 0.3) is 0 Å². The number of carbonyl (C=O) groups is 2. The lowest BCUT2D eigenvalue weighted by Crippen LogP contribution is -2.11. The number of rotatable bonds is 11. The first-order chi connectivity index (χ1) is 18.2. The quantitative estimate of drug-likeness (QED) is 0.151. The molecule has 1 amide bonds. The molecule has 38 heavy (non-hydrogen) atoms. The molecule has 0 saturated carbocycles. The third-order valence-corrected chi connectivity index (χ3v) is 5.25. The topological polar surface area (TPSA) is 91.7 Å². The molecule has 3 aromatic rings. The molecule has 0 radical (unpaired) electrons. The summed E-state index contributed by atoms with van der Waals surface area (Å²) in [5, 5.41) is 2.90. The van der Waals surface area contributed by atoms with Crippen molar-refractivity contribution in [2.75, 3.05) is 12.4 Å². The van der Waals surface area contributed by atoms with E-state index < -0.39 is 5.97 Å². The lowest BCUT2D eigenvalue weighted by molar-refractivity contribution is -0.136. The van der Waals surface area contributed by atoms with Crippen LogP contribution in [0.3, 0.4) is 0 Å². The van der Waals surface area contributed by atoms with Crippen LogP contribution in [0.5, 0.6) is 5.75 Å². The highest BCUT2D eigenvalue weighted by Crippen LogP contribution is 2.21. The monoisotopic (exact) mass is 513 g/mol. The highest BCUT2D eigenvalue weighted by Gasteiger charge is 2.08. The van der Waals surface area contributed by atoms with E-state index in [1.165, 1.54) is 20.1 Å². The van der Waals surface area contributed by atoms with Gasteiger partial charge < -0.3 is 24.1 Å². The summed E-state index contributed by atoms with van der Waals surface area (Å²) < 4.78 is 18.1. The number of anilines is 1. The number of allylic oxidation sites excluding steroid dienone is 4. The summed E-state index contributed by atoms with van der Waals surface area (Å²) in [7, 11) is 1.45. The van der Waals surface area contributed by atoms with Gasteiger partial charge in [-0.25, -0.2) is 4.98 Å². The maximum atomic E-state index is 12.6. The minimum Gasteiger partial charge on any atom is -0.493 e. The van der Waals surface area contributed by atoms with E-state index in [2.05, 4.69) is 16.9 Å².